The number of aromatic nitrogens is 2. The van der Waals surface area contributed by atoms with Crippen LogP contribution < -0.4 is 11.2 Å². The molecule has 0 fully saturated rings. The third-order valence-electron chi connectivity index (χ3n) is 4.90. The fraction of sp³-hybridized carbons (Fsp3) is 0.318. The van der Waals surface area contributed by atoms with Crippen molar-refractivity contribution >= 4 is 33.6 Å². The summed E-state index contributed by atoms with van der Waals surface area (Å²) in [5.74, 6) is -1.21. The average Bonchev–Trinajstić information content (AvgIpc) is 3.05. The zero-order chi connectivity index (χ0) is 23.8. The number of rotatable bonds is 6. The van der Waals surface area contributed by atoms with Crippen molar-refractivity contribution in [2.45, 2.75) is 33.0 Å². The van der Waals surface area contributed by atoms with Gasteiger partial charge in [-0.2, -0.15) is 13.2 Å². The lowest BCUT2D eigenvalue weighted by Crippen LogP contribution is -2.38. The van der Waals surface area contributed by atoms with Crippen LogP contribution in [0.15, 0.2) is 39.9 Å². The number of hydrogen-bond acceptors (Lipinski definition) is 4. The first-order valence-corrected chi connectivity index (χ1v) is 10.5. The Kier molecular flexibility index (Phi) is 6.45. The number of alkyl halides is 3. The van der Waals surface area contributed by atoms with Gasteiger partial charge in [0.2, 0.25) is 0 Å². The summed E-state index contributed by atoms with van der Waals surface area (Å²) in [4.78, 5) is 37.5. The Balaban J connectivity index is 2.35. The van der Waals surface area contributed by atoms with Crippen molar-refractivity contribution in [2.75, 3.05) is 0 Å². The standard InChI is InChI=1S/C22H21F3N2O4S/c1-12(2)11-27-20-18(19(30)26(3)21(27)31)14(8-9-17(28)29)16(32-20)10-13-6-4-5-7-15(13)22(23,24)25/h4-9,12H,10-11H2,1-3H3,(H,28,29)/b9-8+. The lowest BCUT2D eigenvalue weighted by atomic mass is 10.0. The fourth-order valence-electron chi connectivity index (χ4n) is 3.51. The molecule has 32 heavy (non-hydrogen) atoms. The largest absolute Gasteiger partial charge is 0.478 e. The first-order chi connectivity index (χ1) is 14.9. The lowest BCUT2D eigenvalue weighted by molar-refractivity contribution is -0.138. The number of nitrogens with zero attached hydrogens (tertiary/aromatic N) is 2. The Morgan fingerprint density at radius 3 is 2.47 bits per heavy atom. The molecule has 0 unspecified atom stereocenters. The van der Waals surface area contributed by atoms with E-state index in [2.05, 4.69) is 0 Å². The molecule has 0 bridgehead atoms. The smallest absolute Gasteiger partial charge is 0.416 e. The van der Waals surface area contributed by atoms with Crippen LogP contribution in [0.4, 0.5) is 13.2 Å². The molecule has 2 heterocycles. The molecule has 0 radical (unpaired) electrons. The molecule has 2 aromatic heterocycles. The highest BCUT2D eigenvalue weighted by Crippen LogP contribution is 2.36. The molecular weight excluding hydrogens is 445 g/mol. The summed E-state index contributed by atoms with van der Waals surface area (Å²) in [6, 6.07) is 5.09. The van der Waals surface area contributed by atoms with Gasteiger partial charge in [-0.1, -0.05) is 32.0 Å². The number of hydrogen-bond donors (Lipinski definition) is 1. The number of carbonyl (C=O) groups is 1. The van der Waals surface area contributed by atoms with Crippen molar-refractivity contribution in [1.82, 2.24) is 9.13 Å². The summed E-state index contributed by atoms with van der Waals surface area (Å²) < 4.78 is 42.9. The van der Waals surface area contributed by atoms with Crippen molar-refractivity contribution in [3.8, 4) is 0 Å². The first kappa shape index (κ1) is 23.5. The van der Waals surface area contributed by atoms with Gasteiger partial charge in [0, 0.05) is 36.5 Å². The third-order valence-corrected chi connectivity index (χ3v) is 6.13. The first-order valence-electron chi connectivity index (χ1n) is 9.73. The Morgan fingerprint density at radius 2 is 1.88 bits per heavy atom. The maximum absolute atomic E-state index is 13.5. The molecule has 0 aliphatic heterocycles. The molecular formula is C22H21F3N2O4S. The molecule has 3 rings (SSSR count). The van der Waals surface area contributed by atoms with Gasteiger partial charge in [0.05, 0.1) is 10.9 Å². The lowest BCUT2D eigenvalue weighted by Gasteiger charge is -2.12. The van der Waals surface area contributed by atoms with E-state index in [1.54, 1.807) is 0 Å². The van der Waals surface area contributed by atoms with Crippen LogP contribution in [0.5, 0.6) is 0 Å². The van der Waals surface area contributed by atoms with Gasteiger partial charge in [0.15, 0.2) is 0 Å². The number of thiophene rings is 1. The van der Waals surface area contributed by atoms with Crippen LogP contribution in [-0.4, -0.2) is 20.2 Å². The Hall–Kier alpha value is -3.14. The quantitative estimate of drug-likeness (QED) is 0.554. The molecule has 0 aliphatic carbocycles. The molecule has 0 amide bonds. The third kappa shape index (κ3) is 4.55. The monoisotopic (exact) mass is 466 g/mol. The highest BCUT2D eigenvalue weighted by Gasteiger charge is 2.33. The maximum atomic E-state index is 13.5. The molecule has 0 aliphatic rings. The van der Waals surface area contributed by atoms with Crippen LogP contribution in [0, 0.1) is 5.92 Å². The maximum Gasteiger partial charge on any atom is 0.416 e. The SMILES string of the molecule is CC(C)Cn1c(=O)n(C)c(=O)c2c(/C=C/C(=O)O)c(Cc3ccccc3C(F)(F)F)sc21. The van der Waals surface area contributed by atoms with Gasteiger partial charge in [-0.15, -0.1) is 11.3 Å². The van der Waals surface area contributed by atoms with Crippen LogP contribution in [0.1, 0.15) is 35.4 Å². The van der Waals surface area contributed by atoms with Gasteiger partial charge in [-0.25, -0.2) is 9.59 Å². The van der Waals surface area contributed by atoms with E-state index in [9.17, 15) is 27.6 Å². The summed E-state index contributed by atoms with van der Waals surface area (Å²) in [5.41, 5.74) is -1.76. The zero-order valence-corrected chi connectivity index (χ0v) is 18.4. The van der Waals surface area contributed by atoms with Crippen LogP contribution >= 0.6 is 11.3 Å². The van der Waals surface area contributed by atoms with E-state index in [0.717, 1.165) is 28.0 Å². The number of carboxylic acids is 1. The summed E-state index contributed by atoms with van der Waals surface area (Å²) in [6.07, 6.45) is -2.70. The van der Waals surface area contributed by atoms with Gasteiger partial charge in [-0.3, -0.25) is 13.9 Å². The minimum absolute atomic E-state index is 0.00823. The summed E-state index contributed by atoms with van der Waals surface area (Å²) in [6.45, 7) is 4.08. The molecule has 0 saturated carbocycles. The number of halogens is 3. The van der Waals surface area contributed by atoms with Crippen molar-refractivity contribution in [3.63, 3.8) is 0 Å². The highest BCUT2D eigenvalue weighted by molar-refractivity contribution is 7.19. The predicted octanol–water partition coefficient (Wildman–Crippen LogP) is 4.13. The predicted molar refractivity (Wildman–Crippen MR) is 117 cm³/mol. The molecule has 170 valence electrons. The molecule has 0 saturated heterocycles. The van der Waals surface area contributed by atoms with E-state index >= 15 is 0 Å². The molecule has 0 spiro atoms. The van der Waals surface area contributed by atoms with Crippen molar-refractivity contribution in [1.29, 1.82) is 0 Å². The molecule has 3 aromatic rings. The number of benzene rings is 1. The summed E-state index contributed by atoms with van der Waals surface area (Å²) >= 11 is 1.03. The second-order valence-corrected chi connectivity index (χ2v) is 8.86. The van der Waals surface area contributed by atoms with E-state index in [1.165, 1.54) is 35.9 Å². The van der Waals surface area contributed by atoms with Crippen molar-refractivity contribution in [2.24, 2.45) is 13.0 Å². The Labute approximate surface area is 184 Å². The topological polar surface area (TPSA) is 81.3 Å². The number of carboxylic acid groups (broad SMARTS) is 1. The van der Waals surface area contributed by atoms with E-state index in [4.69, 9.17) is 5.11 Å². The second-order valence-electron chi connectivity index (χ2n) is 7.77. The summed E-state index contributed by atoms with van der Waals surface area (Å²) in [7, 11) is 1.32. The minimum atomic E-state index is -4.57. The minimum Gasteiger partial charge on any atom is -0.478 e. The molecule has 10 heteroatoms. The van der Waals surface area contributed by atoms with E-state index < -0.39 is 29.0 Å². The van der Waals surface area contributed by atoms with Gasteiger partial charge >= 0.3 is 17.8 Å². The summed E-state index contributed by atoms with van der Waals surface area (Å²) in [5, 5.41) is 9.21. The fourth-order valence-corrected chi connectivity index (χ4v) is 4.81. The van der Waals surface area contributed by atoms with Crippen molar-refractivity contribution in [3.05, 3.63) is 72.7 Å². The van der Waals surface area contributed by atoms with Crippen molar-refractivity contribution < 1.29 is 23.1 Å². The van der Waals surface area contributed by atoms with Gasteiger partial charge in [0.25, 0.3) is 5.56 Å². The van der Waals surface area contributed by atoms with Gasteiger partial charge in [0.1, 0.15) is 4.83 Å². The Morgan fingerprint density at radius 1 is 1.22 bits per heavy atom. The Bertz CT molecular complexity index is 1330. The molecule has 1 N–H and O–H groups in total. The van der Waals surface area contributed by atoms with Gasteiger partial charge in [-0.05, 0) is 23.6 Å². The second kappa shape index (κ2) is 8.78. The number of aliphatic carboxylic acids is 1. The van der Waals surface area contributed by atoms with Crippen LogP contribution in [0.2, 0.25) is 0 Å². The molecule has 0 atom stereocenters. The molecule has 1 aromatic carbocycles. The highest BCUT2D eigenvalue weighted by atomic mass is 32.1. The van der Waals surface area contributed by atoms with E-state index in [1.807, 2.05) is 13.8 Å². The average molecular weight is 466 g/mol. The van der Waals surface area contributed by atoms with Crippen LogP contribution in [0.3, 0.4) is 0 Å². The normalized spacial score (nSPS) is 12.3. The van der Waals surface area contributed by atoms with E-state index in [0.29, 0.717) is 16.3 Å². The number of fused-ring (bicyclic) bond motifs is 1. The zero-order valence-electron chi connectivity index (χ0n) is 17.6. The van der Waals surface area contributed by atoms with E-state index in [-0.39, 0.29) is 28.9 Å². The van der Waals surface area contributed by atoms with Crippen LogP contribution in [-0.2, 0) is 31.0 Å². The molecule has 6 nitrogen and oxygen atoms in total. The van der Waals surface area contributed by atoms with Crippen LogP contribution in [0.25, 0.3) is 16.3 Å². The van der Waals surface area contributed by atoms with Gasteiger partial charge < -0.3 is 5.11 Å².